The van der Waals surface area contributed by atoms with Crippen LogP contribution in [0.1, 0.15) is 59.3 Å². The normalized spacial score (nSPS) is 30.3. The fourth-order valence-corrected chi connectivity index (χ4v) is 3.18. The first-order chi connectivity index (χ1) is 7.64. The third-order valence-electron chi connectivity index (χ3n) is 4.33. The topological polar surface area (TPSA) is 32.3 Å². The molecule has 3 nitrogen and oxygen atoms in total. The molecule has 1 aliphatic heterocycles. The van der Waals surface area contributed by atoms with Crippen LogP contribution < -0.4 is 5.32 Å². The summed E-state index contributed by atoms with van der Waals surface area (Å²) in [5.41, 5.74) is -0.190. The van der Waals surface area contributed by atoms with Crippen LogP contribution in [-0.4, -0.2) is 28.6 Å². The van der Waals surface area contributed by atoms with Crippen LogP contribution in [0.15, 0.2) is 0 Å². The molecule has 1 amide bonds. The smallest absolute Gasteiger partial charge is 0.244 e. The minimum absolute atomic E-state index is 0.190. The standard InChI is InChI=1S/C13H24N2O/c1-4-10(3)15-11(5-2)14-13(12(15)16)8-6-7-9-13/h10-11,14H,4-9H2,1-3H3. The summed E-state index contributed by atoms with van der Waals surface area (Å²) in [6.45, 7) is 6.48. The second-order valence-corrected chi connectivity index (χ2v) is 5.33. The minimum Gasteiger partial charge on any atom is -0.323 e. The molecule has 2 rings (SSSR count). The van der Waals surface area contributed by atoms with Crippen molar-refractivity contribution in [3.8, 4) is 0 Å². The highest BCUT2D eigenvalue weighted by Crippen LogP contribution is 2.37. The molecule has 0 aromatic rings. The van der Waals surface area contributed by atoms with Crippen molar-refractivity contribution in [2.24, 2.45) is 0 Å². The second-order valence-electron chi connectivity index (χ2n) is 5.33. The summed E-state index contributed by atoms with van der Waals surface area (Å²) in [5, 5.41) is 3.61. The third-order valence-corrected chi connectivity index (χ3v) is 4.33. The number of hydrogen-bond acceptors (Lipinski definition) is 2. The van der Waals surface area contributed by atoms with Gasteiger partial charge in [0, 0.05) is 6.04 Å². The molecule has 1 heterocycles. The molecule has 2 unspecified atom stereocenters. The van der Waals surface area contributed by atoms with E-state index in [9.17, 15) is 4.79 Å². The molecule has 92 valence electrons. The molecule has 1 spiro atoms. The first-order valence-corrected chi connectivity index (χ1v) is 6.75. The molecule has 0 radical (unpaired) electrons. The van der Waals surface area contributed by atoms with Gasteiger partial charge in [0.25, 0.3) is 0 Å². The van der Waals surface area contributed by atoms with E-state index in [0.29, 0.717) is 11.9 Å². The lowest BCUT2D eigenvalue weighted by molar-refractivity contribution is -0.135. The fourth-order valence-electron chi connectivity index (χ4n) is 3.18. The molecular formula is C13H24N2O. The first kappa shape index (κ1) is 11.9. The predicted octanol–water partition coefficient (Wildman–Crippen LogP) is 2.27. The van der Waals surface area contributed by atoms with Crippen LogP contribution >= 0.6 is 0 Å². The summed E-state index contributed by atoms with van der Waals surface area (Å²) in [6.07, 6.45) is 6.79. The SMILES string of the molecule is CCC(C)N1C(=O)C2(CCCC2)NC1CC. The average molecular weight is 224 g/mol. The Labute approximate surface area is 98.6 Å². The molecule has 2 fully saturated rings. The van der Waals surface area contributed by atoms with E-state index in [-0.39, 0.29) is 11.7 Å². The largest absolute Gasteiger partial charge is 0.323 e. The fraction of sp³-hybridized carbons (Fsp3) is 0.923. The summed E-state index contributed by atoms with van der Waals surface area (Å²) in [7, 11) is 0. The van der Waals surface area contributed by atoms with Crippen LogP contribution in [0, 0.1) is 0 Å². The zero-order valence-corrected chi connectivity index (χ0v) is 10.8. The lowest BCUT2D eigenvalue weighted by Gasteiger charge is -2.29. The van der Waals surface area contributed by atoms with Gasteiger partial charge in [-0.15, -0.1) is 0 Å². The van der Waals surface area contributed by atoms with Crippen LogP contribution in [-0.2, 0) is 4.79 Å². The number of nitrogens with one attached hydrogen (secondary N) is 1. The van der Waals surface area contributed by atoms with Gasteiger partial charge in [0.1, 0.15) is 0 Å². The van der Waals surface area contributed by atoms with Crippen molar-refractivity contribution >= 4 is 5.91 Å². The van der Waals surface area contributed by atoms with Crippen LogP contribution in [0.3, 0.4) is 0 Å². The van der Waals surface area contributed by atoms with Crippen molar-refractivity contribution in [3.63, 3.8) is 0 Å². The minimum atomic E-state index is -0.190. The van der Waals surface area contributed by atoms with Crippen molar-refractivity contribution in [1.29, 1.82) is 0 Å². The van der Waals surface area contributed by atoms with Crippen molar-refractivity contribution in [1.82, 2.24) is 10.2 Å². The van der Waals surface area contributed by atoms with Gasteiger partial charge in [-0.05, 0) is 32.6 Å². The first-order valence-electron chi connectivity index (χ1n) is 6.75. The van der Waals surface area contributed by atoms with Gasteiger partial charge in [-0.2, -0.15) is 0 Å². The van der Waals surface area contributed by atoms with E-state index in [2.05, 4.69) is 31.0 Å². The maximum absolute atomic E-state index is 12.6. The van der Waals surface area contributed by atoms with E-state index < -0.39 is 0 Å². The Morgan fingerprint density at radius 3 is 2.56 bits per heavy atom. The number of hydrogen-bond donors (Lipinski definition) is 1. The molecule has 3 heteroatoms. The maximum atomic E-state index is 12.6. The van der Waals surface area contributed by atoms with Gasteiger partial charge < -0.3 is 4.90 Å². The van der Waals surface area contributed by atoms with Gasteiger partial charge in [0.05, 0.1) is 11.7 Å². The van der Waals surface area contributed by atoms with Crippen LogP contribution in [0.2, 0.25) is 0 Å². The molecule has 1 saturated heterocycles. The Kier molecular flexibility index (Phi) is 3.24. The van der Waals surface area contributed by atoms with Gasteiger partial charge in [-0.25, -0.2) is 0 Å². The zero-order valence-electron chi connectivity index (χ0n) is 10.8. The van der Waals surface area contributed by atoms with Crippen LogP contribution in [0.5, 0.6) is 0 Å². The van der Waals surface area contributed by atoms with Crippen molar-refractivity contribution < 1.29 is 4.79 Å². The highest BCUT2D eigenvalue weighted by Gasteiger charge is 2.52. The molecular weight excluding hydrogens is 200 g/mol. The van der Waals surface area contributed by atoms with Crippen molar-refractivity contribution in [2.45, 2.75) is 77.0 Å². The van der Waals surface area contributed by atoms with E-state index in [1.165, 1.54) is 12.8 Å². The Hall–Kier alpha value is -0.570. The number of amides is 1. The number of carbonyl (C=O) groups excluding carboxylic acids is 1. The molecule has 1 N–H and O–H groups in total. The Morgan fingerprint density at radius 1 is 1.44 bits per heavy atom. The average Bonchev–Trinajstić information content (AvgIpc) is 2.86. The third kappa shape index (κ3) is 1.65. The molecule has 0 aromatic heterocycles. The summed E-state index contributed by atoms with van der Waals surface area (Å²) in [6, 6.07) is 0.366. The highest BCUT2D eigenvalue weighted by atomic mass is 16.2. The molecule has 16 heavy (non-hydrogen) atoms. The molecule has 0 bridgehead atoms. The Bertz CT molecular complexity index is 271. The van der Waals surface area contributed by atoms with Crippen molar-refractivity contribution in [2.75, 3.05) is 0 Å². The molecule has 1 saturated carbocycles. The van der Waals surface area contributed by atoms with Crippen molar-refractivity contribution in [3.05, 3.63) is 0 Å². The van der Waals surface area contributed by atoms with Gasteiger partial charge in [0.2, 0.25) is 5.91 Å². The predicted molar refractivity (Wildman–Crippen MR) is 65.0 cm³/mol. The van der Waals surface area contributed by atoms with Gasteiger partial charge in [0.15, 0.2) is 0 Å². The second kappa shape index (κ2) is 4.36. The maximum Gasteiger partial charge on any atom is 0.244 e. The van der Waals surface area contributed by atoms with E-state index in [0.717, 1.165) is 25.7 Å². The summed E-state index contributed by atoms with van der Waals surface area (Å²) in [4.78, 5) is 14.7. The number of nitrogens with zero attached hydrogens (tertiary/aromatic N) is 1. The molecule has 1 aliphatic carbocycles. The van der Waals surface area contributed by atoms with E-state index in [1.54, 1.807) is 0 Å². The Morgan fingerprint density at radius 2 is 2.06 bits per heavy atom. The molecule has 0 aromatic carbocycles. The van der Waals surface area contributed by atoms with E-state index >= 15 is 0 Å². The summed E-state index contributed by atoms with van der Waals surface area (Å²) in [5.74, 6) is 0.367. The zero-order chi connectivity index (χ0) is 11.8. The monoisotopic (exact) mass is 224 g/mol. The highest BCUT2D eigenvalue weighted by molar-refractivity contribution is 5.89. The van der Waals surface area contributed by atoms with E-state index in [1.807, 2.05) is 0 Å². The number of rotatable bonds is 3. The van der Waals surface area contributed by atoms with Crippen LogP contribution in [0.4, 0.5) is 0 Å². The van der Waals surface area contributed by atoms with Gasteiger partial charge >= 0.3 is 0 Å². The lowest BCUT2D eigenvalue weighted by atomic mass is 9.97. The number of carbonyl (C=O) groups is 1. The lowest BCUT2D eigenvalue weighted by Crippen LogP contribution is -2.45. The Balaban J connectivity index is 2.21. The van der Waals surface area contributed by atoms with Gasteiger partial charge in [-0.3, -0.25) is 10.1 Å². The van der Waals surface area contributed by atoms with E-state index in [4.69, 9.17) is 0 Å². The quantitative estimate of drug-likeness (QED) is 0.797. The molecule has 2 atom stereocenters. The van der Waals surface area contributed by atoms with Crippen LogP contribution in [0.25, 0.3) is 0 Å². The molecule has 2 aliphatic rings. The summed E-state index contributed by atoms with van der Waals surface area (Å²) < 4.78 is 0. The summed E-state index contributed by atoms with van der Waals surface area (Å²) >= 11 is 0. The van der Waals surface area contributed by atoms with Gasteiger partial charge in [-0.1, -0.05) is 26.7 Å².